The van der Waals surface area contributed by atoms with E-state index in [1.165, 1.54) is 17.2 Å². The number of rotatable bonds is 11. The van der Waals surface area contributed by atoms with Gasteiger partial charge in [-0.05, 0) is 5.56 Å². The minimum absolute atomic E-state index is 0.00661. The molecule has 1 aliphatic rings. The molecule has 202 valence electrons. The SMILES string of the molecule is O=P(O)(O)OP(=O)(O)OP(=O)(O)OC[C@H]1O[C@@H](n2cnc3c(NCc4ccccc4)ncnc32)C[C@H]1O. The summed E-state index contributed by atoms with van der Waals surface area (Å²) in [5, 5.41) is 13.5. The van der Waals surface area contributed by atoms with Crippen LogP contribution in [0.4, 0.5) is 5.82 Å². The molecule has 1 aromatic carbocycles. The van der Waals surface area contributed by atoms with Crippen LogP contribution >= 0.6 is 23.5 Å². The van der Waals surface area contributed by atoms with E-state index in [0.717, 1.165) is 5.56 Å². The summed E-state index contributed by atoms with van der Waals surface area (Å²) in [4.78, 5) is 48.7. The minimum Gasteiger partial charge on any atom is -0.390 e. The first-order chi connectivity index (χ1) is 17.3. The van der Waals surface area contributed by atoms with Crippen molar-refractivity contribution in [3.63, 3.8) is 0 Å². The molecule has 0 spiro atoms. The van der Waals surface area contributed by atoms with Gasteiger partial charge in [-0.3, -0.25) is 9.09 Å². The number of ether oxygens (including phenoxy) is 1. The number of aliphatic hydroxyl groups excluding tert-OH is 1. The highest BCUT2D eigenvalue weighted by Crippen LogP contribution is 2.66. The summed E-state index contributed by atoms with van der Waals surface area (Å²) in [6.07, 6.45) is -0.447. The highest BCUT2D eigenvalue weighted by atomic mass is 31.3. The van der Waals surface area contributed by atoms with E-state index in [2.05, 4.69) is 33.4 Å². The van der Waals surface area contributed by atoms with Crippen molar-refractivity contribution in [2.45, 2.75) is 31.4 Å². The fraction of sp³-hybridized carbons (Fsp3) is 0.353. The average Bonchev–Trinajstić information content (AvgIpc) is 3.38. The van der Waals surface area contributed by atoms with Crippen molar-refractivity contribution >= 4 is 40.4 Å². The molecule has 0 radical (unpaired) electrons. The molecule has 0 aliphatic carbocycles. The Morgan fingerprint density at radius 3 is 2.46 bits per heavy atom. The van der Waals surface area contributed by atoms with Crippen molar-refractivity contribution in [3.8, 4) is 0 Å². The van der Waals surface area contributed by atoms with E-state index in [1.807, 2.05) is 30.3 Å². The zero-order valence-electron chi connectivity index (χ0n) is 18.6. The quantitative estimate of drug-likeness (QED) is 0.175. The van der Waals surface area contributed by atoms with Crippen molar-refractivity contribution in [1.29, 1.82) is 0 Å². The fourth-order valence-corrected chi connectivity index (χ4v) is 6.51. The lowest BCUT2D eigenvalue weighted by molar-refractivity contribution is -0.0423. The Morgan fingerprint density at radius 2 is 1.76 bits per heavy atom. The number of phosphoric ester groups is 1. The van der Waals surface area contributed by atoms with Crippen molar-refractivity contribution in [1.82, 2.24) is 19.5 Å². The number of aromatic nitrogens is 4. The largest absolute Gasteiger partial charge is 0.490 e. The number of fused-ring (bicyclic) bond motifs is 1. The second-order valence-corrected chi connectivity index (χ2v) is 12.1. The Labute approximate surface area is 208 Å². The molecule has 5 atom stereocenters. The van der Waals surface area contributed by atoms with Crippen LogP contribution in [0.5, 0.6) is 0 Å². The van der Waals surface area contributed by atoms with Gasteiger partial charge in [-0.15, -0.1) is 0 Å². The van der Waals surface area contributed by atoms with Crippen molar-refractivity contribution in [2.75, 3.05) is 11.9 Å². The molecule has 2 aromatic heterocycles. The maximum atomic E-state index is 11.9. The molecule has 4 rings (SSSR count). The van der Waals surface area contributed by atoms with Gasteiger partial charge >= 0.3 is 23.5 Å². The Kier molecular flexibility index (Phi) is 8.26. The predicted octanol–water partition coefficient (Wildman–Crippen LogP) is 1.43. The number of aliphatic hydroxyl groups is 1. The van der Waals surface area contributed by atoms with Crippen LogP contribution < -0.4 is 5.32 Å². The van der Waals surface area contributed by atoms with Gasteiger partial charge in [0.2, 0.25) is 0 Å². The molecule has 1 saturated heterocycles. The second kappa shape index (κ2) is 10.9. The van der Waals surface area contributed by atoms with E-state index >= 15 is 0 Å². The summed E-state index contributed by atoms with van der Waals surface area (Å²) >= 11 is 0. The zero-order valence-corrected chi connectivity index (χ0v) is 21.3. The van der Waals surface area contributed by atoms with E-state index in [0.29, 0.717) is 23.5 Å². The van der Waals surface area contributed by atoms with Crippen LogP contribution in [0.15, 0.2) is 43.0 Å². The van der Waals surface area contributed by atoms with Crippen LogP contribution in [-0.2, 0) is 38.1 Å². The van der Waals surface area contributed by atoms with Crippen LogP contribution in [-0.4, -0.2) is 63.0 Å². The molecule has 0 amide bonds. The molecule has 3 aromatic rings. The van der Waals surface area contributed by atoms with E-state index in [4.69, 9.17) is 14.5 Å². The third kappa shape index (κ3) is 7.48. The molecule has 0 saturated carbocycles. The number of hydrogen-bond donors (Lipinski definition) is 6. The summed E-state index contributed by atoms with van der Waals surface area (Å²) in [5.41, 5.74) is 1.85. The first-order valence-electron chi connectivity index (χ1n) is 10.4. The van der Waals surface area contributed by atoms with Gasteiger partial charge in [0, 0.05) is 13.0 Å². The molecule has 1 fully saturated rings. The van der Waals surface area contributed by atoms with Gasteiger partial charge in [-0.25, -0.2) is 28.6 Å². The maximum absolute atomic E-state index is 11.9. The molecule has 20 heteroatoms. The van der Waals surface area contributed by atoms with Gasteiger partial charge in [0.15, 0.2) is 17.0 Å². The Bertz CT molecular complexity index is 1380. The molecular weight excluding hydrogens is 559 g/mol. The maximum Gasteiger partial charge on any atom is 0.490 e. The van der Waals surface area contributed by atoms with Crippen LogP contribution in [0.3, 0.4) is 0 Å². The molecule has 2 unspecified atom stereocenters. The number of phosphoric acid groups is 3. The fourth-order valence-electron chi connectivity index (χ4n) is 3.48. The summed E-state index contributed by atoms with van der Waals surface area (Å²) in [7, 11) is -16.5. The number of hydrogen-bond acceptors (Lipinski definition) is 12. The average molecular weight is 581 g/mol. The number of anilines is 1. The van der Waals surface area contributed by atoms with Crippen LogP contribution in [0.25, 0.3) is 11.2 Å². The zero-order chi connectivity index (χ0) is 26.8. The van der Waals surface area contributed by atoms with Crippen LogP contribution in [0, 0.1) is 0 Å². The lowest BCUT2D eigenvalue weighted by atomic mass is 10.2. The van der Waals surface area contributed by atoms with Gasteiger partial charge in [-0.2, -0.15) is 8.62 Å². The third-order valence-corrected chi connectivity index (χ3v) is 8.80. The lowest BCUT2D eigenvalue weighted by Gasteiger charge is -2.19. The van der Waals surface area contributed by atoms with E-state index < -0.39 is 48.5 Å². The van der Waals surface area contributed by atoms with Gasteiger partial charge < -0.3 is 34.7 Å². The monoisotopic (exact) mass is 581 g/mol. The van der Waals surface area contributed by atoms with Crippen LogP contribution in [0.1, 0.15) is 18.2 Å². The second-order valence-electron chi connectivity index (χ2n) is 7.70. The smallest absolute Gasteiger partial charge is 0.390 e. The lowest BCUT2D eigenvalue weighted by Crippen LogP contribution is -2.26. The first-order valence-corrected chi connectivity index (χ1v) is 14.9. The molecule has 17 nitrogen and oxygen atoms in total. The topological polar surface area (TPSA) is 245 Å². The predicted molar refractivity (Wildman–Crippen MR) is 123 cm³/mol. The number of nitrogens with zero attached hydrogens (tertiary/aromatic N) is 4. The van der Waals surface area contributed by atoms with Crippen LogP contribution in [0.2, 0.25) is 0 Å². The minimum atomic E-state index is -5.66. The molecule has 1 aliphatic heterocycles. The normalized spacial score (nSPS) is 23.5. The molecular formula is C17H22N5O12P3. The molecule has 3 heterocycles. The Balaban J connectivity index is 1.40. The summed E-state index contributed by atoms with van der Waals surface area (Å²) < 4.78 is 53.2. The first kappa shape index (κ1) is 27.9. The highest BCUT2D eigenvalue weighted by molar-refractivity contribution is 7.66. The highest BCUT2D eigenvalue weighted by Gasteiger charge is 2.43. The standard InChI is InChI=1S/C17H22N5O12P3/c23-12-6-14(32-13(12)8-31-36(27,28)34-37(29,30)33-35(24,25)26)22-10-21-15-16(19-9-20-17(15)22)18-7-11-4-2-1-3-5-11/h1-5,9-10,12-14,23H,6-8H2,(H,27,28)(H,29,30)(H,18,19,20)(H2,24,25,26)/t12-,13-,14-/m1/s1. The summed E-state index contributed by atoms with van der Waals surface area (Å²) in [6.45, 7) is -0.298. The third-order valence-electron chi connectivity index (χ3n) is 4.99. The number of benzene rings is 1. The van der Waals surface area contributed by atoms with E-state index in [1.54, 1.807) is 0 Å². The number of nitrogens with one attached hydrogen (secondary N) is 1. The van der Waals surface area contributed by atoms with Gasteiger partial charge in [0.25, 0.3) is 0 Å². The van der Waals surface area contributed by atoms with Gasteiger partial charge in [-0.1, -0.05) is 30.3 Å². The molecule has 37 heavy (non-hydrogen) atoms. The van der Waals surface area contributed by atoms with Gasteiger partial charge in [0.1, 0.15) is 18.7 Å². The van der Waals surface area contributed by atoms with Crippen molar-refractivity contribution in [3.05, 3.63) is 48.5 Å². The van der Waals surface area contributed by atoms with Gasteiger partial charge in [0.05, 0.1) is 19.0 Å². The Hall–Kier alpha value is -2.10. The molecule has 0 bridgehead atoms. The number of imidazole rings is 1. The Morgan fingerprint density at radius 1 is 1.03 bits per heavy atom. The summed E-state index contributed by atoms with van der Waals surface area (Å²) in [5.74, 6) is 0.468. The molecule has 6 N–H and O–H groups in total. The van der Waals surface area contributed by atoms with Crippen molar-refractivity contribution < 1.29 is 56.3 Å². The van der Waals surface area contributed by atoms with E-state index in [9.17, 15) is 28.6 Å². The van der Waals surface area contributed by atoms with E-state index in [-0.39, 0.29) is 6.42 Å². The summed E-state index contributed by atoms with van der Waals surface area (Å²) in [6, 6.07) is 9.61. The van der Waals surface area contributed by atoms with Crippen molar-refractivity contribution in [2.24, 2.45) is 0 Å².